The van der Waals surface area contributed by atoms with Crippen molar-refractivity contribution in [3.8, 4) is 0 Å². The fraction of sp³-hybridized carbons (Fsp3) is 0.250. The van der Waals surface area contributed by atoms with Gasteiger partial charge in [0.25, 0.3) is 0 Å². The van der Waals surface area contributed by atoms with Crippen molar-refractivity contribution in [3.05, 3.63) is 24.3 Å². The van der Waals surface area contributed by atoms with Crippen LogP contribution in [-0.2, 0) is 29.6 Å². The Kier molecular flexibility index (Phi) is 15.7. The van der Waals surface area contributed by atoms with E-state index < -0.39 is 23.5 Å². The van der Waals surface area contributed by atoms with Crippen molar-refractivity contribution in [2.24, 2.45) is 0 Å². The summed E-state index contributed by atoms with van der Waals surface area (Å²) >= 11 is -1.08. The molecule has 0 atom stereocenters. The van der Waals surface area contributed by atoms with Gasteiger partial charge in [0.2, 0.25) is 0 Å². The van der Waals surface area contributed by atoms with Crippen molar-refractivity contribution in [3.63, 3.8) is 0 Å². The first-order chi connectivity index (χ1) is 6.70. The Morgan fingerprint density at radius 1 is 0.933 bits per heavy atom. The summed E-state index contributed by atoms with van der Waals surface area (Å²) in [6.07, 6.45) is 0. The quantitative estimate of drug-likeness (QED) is 0.417. The van der Waals surface area contributed by atoms with Gasteiger partial charge in [-0.15, -0.1) is 0 Å². The SMILES string of the molecule is C=C(C)C(=O)O.C=C(C)C(=O)O.O=[SH-]=O. The molecule has 6 nitrogen and oxygen atoms in total. The first-order valence-corrected chi connectivity index (χ1v) is 4.16. The zero-order valence-corrected chi connectivity index (χ0v) is 9.28. The topological polar surface area (TPSA) is 109 Å². The summed E-state index contributed by atoms with van der Waals surface area (Å²) in [5.74, 6) is -1.87. The molecule has 0 aliphatic carbocycles. The number of hydrogen-bond acceptors (Lipinski definition) is 5. The summed E-state index contributed by atoms with van der Waals surface area (Å²) in [6, 6.07) is 0. The van der Waals surface area contributed by atoms with Crippen molar-refractivity contribution in [1.82, 2.24) is 0 Å². The third-order valence-electron chi connectivity index (χ3n) is 0.730. The van der Waals surface area contributed by atoms with Crippen LogP contribution in [-0.4, -0.2) is 22.2 Å². The molecular formula is C8H13O6S-. The van der Waals surface area contributed by atoms with Crippen molar-refractivity contribution in [2.45, 2.75) is 13.8 Å². The Hall–Kier alpha value is -1.63. The van der Waals surface area contributed by atoms with Gasteiger partial charge in [-0.3, -0.25) is 0 Å². The minimum Gasteiger partial charge on any atom is -0.478 e. The van der Waals surface area contributed by atoms with Crippen LogP contribution in [0.5, 0.6) is 0 Å². The third kappa shape index (κ3) is 32.8. The highest BCUT2D eigenvalue weighted by Gasteiger charge is 1.90. The lowest BCUT2D eigenvalue weighted by molar-refractivity contribution is -0.133. The van der Waals surface area contributed by atoms with Gasteiger partial charge in [0.15, 0.2) is 0 Å². The van der Waals surface area contributed by atoms with E-state index in [0.717, 1.165) is 0 Å². The van der Waals surface area contributed by atoms with Crippen molar-refractivity contribution < 1.29 is 28.2 Å². The highest BCUT2D eigenvalue weighted by molar-refractivity contribution is 7.51. The Balaban J connectivity index is -0.000000153. The van der Waals surface area contributed by atoms with Gasteiger partial charge in [-0.1, -0.05) is 24.7 Å². The van der Waals surface area contributed by atoms with Crippen LogP contribution < -0.4 is 0 Å². The largest absolute Gasteiger partial charge is 0.478 e. The number of carboxylic acids is 2. The molecule has 88 valence electrons. The molecule has 0 unspecified atom stereocenters. The van der Waals surface area contributed by atoms with Crippen molar-refractivity contribution in [1.29, 1.82) is 0 Å². The summed E-state index contributed by atoms with van der Waals surface area (Å²) in [6.45, 7) is 9.20. The lowest BCUT2D eigenvalue weighted by Crippen LogP contribution is -1.92. The maximum Gasteiger partial charge on any atom is 0.330 e. The molecule has 0 bridgehead atoms. The minimum atomic E-state index is -1.08. The van der Waals surface area contributed by atoms with Crippen molar-refractivity contribution in [2.75, 3.05) is 0 Å². The lowest BCUT2D eigenvalue weighted by Gasteiger charge is -1.79. The molecule has 0 spiro atoms. The molecule has 0 amide bonds. The average Bonchev–Trinajstić information content (AvgIpc) is 2.06. The molecule has 0 heterocycles. The van der Waals surface area contributed by atoms with E-state index in [1.165, 1.54) is 13.8 Å². The first-order valence-electron chi connectivity index (χ1n) is 3.43. The number of carbonyl (C=O) groups is 2. The molecule has 0 fully saturated rings. The van der Waals surface area contributed by atoms with E-state index in [9.17, 15) is 9.59 Å². The van der Waals surface area contributed by atoms with Crippen LogP contribution in [0.15, 0.2) is 24.3 Å². The van der Waals surface area contributed by atoms with Crippen LogP contribution >= 0.6 is 0 Å². The molecular weight excluding hydrogens is 224 g/mol. The summed E-state index contributed by atoms with van der Waals surface area (Å²) in [5, 5.41) is 15.8. The predicted molar refractivity (Wildman–Crippen MR) is 55.0 cm³/mol. The molecule has 0 aromatic heterocycles. The van der Waals surface area contributed by atoms with Gasteiger partial charge in [-0.25, -0.2) is 9.59 Å². The Morgan fingerprint density at radius 2 is 1.00 bits per heavy atom. The summed E-state index contributed by atoms with van der Waals surface area (Å²) in [7, 11) is 0. The molecule has 0 aromatic rings. The van der Waals surface area contributed by atoms with E-state index in [1.807, 2.05) is 0 Å². The third-order valence-corrected chi connectivity index (χ3v) is 0.730. The molecule has 0 aliphatic heterocycles. The van der Waals surface area contributed by atoms with Gasteiger partial charge in [-0.2, -0.15) is 0 Å². The van der Waals surface area contributed by atoms with Crippen LogP contribution in [0, 0.1) is 0 Å². The number of carboxylic acid groups (broad SMARTS) is 2. The van der Waals surface area contributed by atoms with Gasteiger partial charge in [0.05, 0.1) is 0 Å². The van der Waals surface area contributed by atoms with E-state index in [1.54, 1.807) is 0 Å². The number of hydrogen-bond donors (Lipinski definition) is 2. The van der Waals surface area contributed by atoms with Gasteiger partial charge in [0.1, 0.15) is 0 Å². The molecule has 0 radical (unpaired) electrons. The van der Waals surface area contributed by atoms with E-state index >= 15 is 0 Å². The number of aliphatic carboxylic acids is 2. The van der Waals surface area contributed by atoms with E-state index in [-0.39, 0.29) is 11.1 Å². The second-order valence-electron chi connectivity index (χ2n) is 2.25. The van der Waals surface area contributed by atoms with Gasteiger partial charge in [-0.05, 0) is 13.8 Å². The summed E-state index contributed by atoms with van der Waals surface area (Å²) in [4.78, 5) is 19.2. The maximum atomic E-state index is 9.60. The number of thiol groups is 1. The Morgan fingerprint density at radius 3 is 1.00 bits per heavy atom. The van der Waals surface area contributed by atoms with E-state index in [2.05, 4.69) is 13.2 Å². The smallest absolute Gasteiger partial charge is 0.330 e. The zero-order chi connectivity index (χ0) is 13.0. The Labute approximate surface area is 90.5 Å². The van der Waals surface area contributed by atoms with Crippen LogP contribution in [0.2, 0.25) is 0 Å². The number of rotatable bonds is 2. The highest BCUT2D eigenvalue weighted by atomic mass is 32.1. The molecule has 0 aromatic carbocycles. The monoisotopic (exact) mass is 237 g/mol. The summed E-state index contributed by atoms with van der Waals surface area (Å²) < 4.78 is 16.7. The van der Waals surface area contributed by atoms with Crippen molar-refractivity contribution >= 4 is 23.5 Å². The Bertz CT molecular complexity index is 240. The predicted octanol–water partition coefficient (Wildman–Crippen LogP) is 0.786. The first kappa shape index (κ1) is 19.0. The molecule has 0 rings (SSSR count). The van der Waals surface area contributed by atoms with Gasteiger partial charge in [0, 0.05) is 11.1 Å². The van der Waals surface area contributed by atoms with Crippen LogP contribution in [0.25, 0.3) is 0 Å². The average molecular weight is 237 g/mol. The highest BCUT2D eigenvalue weighted by Crippen LogP contribution is 1.81. The standard InChI is InChI=1S/2C4H6O2.HO2S/c2*1-3(2)4(5)6;1-3-2/h2*1H2,2H3,(H,5,6);3H/q;;-1. The van der Waals surface area contributed by atoms with Crippen LogP contribution in [0.1, 0.15) is 13.8 Å². The molecule has 0 aliphatic rings. The normalized spacial score (nSPS) is 7.07. The zero-order valence-electron chi connectivity index (χ0n) is 8.39. The molecule has 0 saturated carbocycles. The molecule has 0 saturated heterocycles. The van der Waals surface area contributed by atoms with Crippen LogP contribution in [0.4, 0.5) is 0 Å². The summed E-state index contributed by atoms with van der Waals surface area (Å²) in [5.41, 5.74) is 0.352. The fourth-order valence-corrected chi connectivity index (χ4v) is 0. The van der Waals surface area contributed by atoms with Gasteiger partial charge >= 0.3 is 11.9 Å². The van der Waals surface area contributed by atoms with Crippen LogP contribution in [0.3, 0.4) is 0 Å². The lowest BCUT2D eigenvalue weighted by atomic mass is 10.4. The fourth-order valence-electron chi connectivity index (χ4n) is 0. The molecule has 7 heteroatoms. The van der Waals surface area contributed by atoms with E-state index in [4.69, 9.17) is 18.6 Å². The molecule has 15 heavy (non-hydrogen) atoms. The minimum absolute atomic E-state index is 0.176. The maximum absolute atomic E-state index is 9.60. The second-order valence-corrected chi connectivity index (χ2v) is 2.39. The van der Waals surface area contributed by atoms with E-state index in [0.29, 0.717) is 0 Å². The molecule has 2 N–H and O–H groups in total. The van der Waals surface area contributed by atoms with Gasteiger partial charge < -0.3 is 18.6 Å². The second kappa shape index (κ2) is 12.4.